The standard InChI is InChI=1S/C13H9ClFN3/c14-10-5-2-6-11-12(10)18(13(16)17-11)9-4-1-3-8(15)7-9/h1-7H,(H2,16,17). The first kappa shape index (κ1) is 11.0. The maximum atomic E-state index is 13.3. The molecule has 90 valence electrons. The number of hydrogen-bond acceptors (Lipinski definition) is 2. The molecule has 2 aromatic carbocycles. The number of nitrogens with two attached hydrogens (primary N) is 1. The zero-order valence-electron chi connectivity index (χ0n) is 9.27. The number of anilines is 1. The van der Waals surface area contributed by atoms with Gasteiger partial charge in [0.2, 0.25) is 5.95 Å². The number of aromatic nitrogens is 2. The molecule has 0 spiro atoms. The summed E-state index contributed by atoms with van der Waals surface area (Å²) in [4.78, 5) is 4.21. The predicted octanol–water partition coefficient (Wildman–Crippen LogP) is 3.40. The van der Waals surface area contributed by atoms with Gasteiger partial charge >= 0.3 is 0 Å². The summed E-state index contributed by atoms with van der Waals surface area (Å²) in [7, 11) is 0. The summed E-state index contributed by atoms with van der Waals surface area (Å²) >= 11 is 6.16. The Kier molecular flexibility index (Phi) is 2.45. The summed E-state index contributed by atoms with van der Waals surface area (Å²) in [5.74, 6) is -0.0514. The van der Waals surface area contributed by atoms with Crippen LogP contribution in [0.25, 0.3) is 16.7 Å². The highest BCUT2D eigenvalue weighted by molar-refractivity contribution is 6.35. The number of imidazole rings is 1. The molecule has 0 fully saturated rings. The largest absolute Gasteiger partial charge is 0.369 e. The molecule has 3 rings (SSSR count). The van der Waals surface area contributed by atoms with Gasteiger partial charge in [-0.1, -0.05) is 23.7 Å². The average Bonchev–Trinajstić information content (AvgIpc) is 2.67. The van der Waals surface area contributed by atoms with Crippen molar-refractivity contribution in [1.29, 1.82) is 0 Å². The lowest BCUT2D eigenvalue weighted by Gasteiger charge is -2.07. The lowest BCUT2D eigenvalue weighted by atomic mass is 10.2. The van der Waals surface area contributed by atoms with E-state index < -0.39 is 0 Å². The van der Waals surface area contributed by atoms with E-state index in [1.54, 1.807) is 28.8 Å². The molecule has 0 bridgehead atoms. The van der Waals surface area contributed by atoms with E-state index in [-0.39, 0.29) is 11.8 Å². The van der Waals surface area contributed by atoms with Gasteiger partial charge in [0.25, 0.3) is 0 Å². The van der Waals surface area contributed by atoms with E-state index in [4.69, 9.17) is 17.3 Å². The van der Waals surface area contributed by atoms with Crippen molar-refractivity contribution in [2.24, 2.45) is 0 Å². The molecule has 0 saturated heterocycles. The summed E-state index contributed by atoms with van der Waals surface area (Å²) < 4.78 is 14.9. The smallest absolute Gasteiger partial charge is 0.205 e. The molecular weight excluding hydrogens is 253 g/mol. The second kappa shape index (κ2) is 3.99. The molecule has 0 aliphatic heterocycles. The van der Waals surface area contributed by atoms with Gasteiger partial charge in [0.1, 0.15) is 5.82 Å². The first-order valence-corrected chi connectivity index (χ1v) is 5.73. The van der Waals surface area contributed by atoms with E-state index in [0.717, 1.165) is 0 Å². The zero-order chi connectivity index (χ0) is 12.7. The van der Waals surface area contributed by atoms with Crippen molar-refractivity contribution in [3.8, 4) is 5.69 Å². The Morgan fingerprint density at radius 1 is 1.17 bits per heavy atom. The van der Waals surface area contributed by atoms with Crippen LogP contribution < -0.4 is 5.73 Å². The Labute approximate surface area is 108 Å². The van der Waals surface area contributed by atoms with E-state index >= 15 is 0 Å². The summed E-state index contributed by atoms with van der Waals surface area (Å²) in [5, 5.41) is 0.529. The molecule has 1 aromatic heterocycles. The number of rotatable bonds is 1. The second-order valence-corrected chi connectivity index (χ2v) is 4.30. The molecular formula is C13H9ClFN3. The quantitative estimate of drug-likeness (QED) is 0.730. The van der Waals surface area contributed by atoms with Gasteiger partial charge in [0.05, 0.1) is 21.7 Å². The monoisotopic (exact) mass is 261 g/mol. The van der Waals surface area contributed by atoms with Gasteiger partial charge in [-0.2, -0.15) is 0 Å². The van der Waals surface area contributed by atoms with Crippen molar-refractivity contribution in [2.45, 2.75) is 0 Å². The Morgan fingerprint density at radius 2 is 1.94 bits per heavy atom. The molecule has 0 amide bonds. The van der Waals surface area contributed by atoms with E-state index in [1.807, 2.05) is 6.07 Å². The van der Waals surface area contributed by atoms with E-state index in [1.165, 1.54) is 12.1 Å². The molecule has 3 nitrogen and oxygen atoms in total. The number of fused-ring (bicyclic) bond motifs is 1. The lowest BCUT2D eigenvalue weighted by molar-refractivity contribution is 0.627. The van der Waals surface area contributed by atoms with Crippen LogP contribution in [0.15, 0.2) is 42.5 Å². The van der Waals surface area contributed by atoms with Crippen molar-refractivity contribution < 1.29 is 4.39 Å². The number of benzene rings is 2. The van der Waals surface area contributed by atoms with Gasteiger partial charge in [-0.3, -0.25) is 4.57 Å². The molecule has 0 radical (unpaired) electrons. The number of hydrogen-bond donors (Lipinski definition) is 1. The number of halogens is 2. The lowest BCUT2D eigenvalue weighted by Crippen LogP contribution is -2.01. The van der Waals surface area contributed by atoms with E-state index in [0.29, 0.717) is 21.7 Å². The fourth-order valence-electron chi connectivity index (χ4n) is 1.98. The van der Waals surface area contributed by atoms with Crippen molar-refractivity contribution in [2.75, 3.05) is 5.73 Å². The molecule has 1 heterocycles. The molecule has 0 saturated carbocycles. The maximum absolute atomic E-state index is 13.3. The minimum absolute atomic E-state index is 0.281. The van der Waals surface area contributed by atoms with Crippen LogP contribution in [0.3, 0.4) is 0 Å². The van der Waals surface area contributed by atoms with Crippen LogP contribution in [0.1, 0.15) is 0 Å². The number of para-hydroxylation sites is 1. The third-order valence-electron chi connectivity index (χ3n) is 2.72. The first-order chi connectivity index (χ1) is 8.66. The summed E-state index contributed by atoms with van der Waals surface area (Å²) in [5.41, 5.74) is 7.84. The van der Waals surface area contributed by atoms with Crippen LogP contribution >= 0.6 is 11.6 Å². The van der Waals surface area contributed by atoms with Gasteiger partial charge < -0.3 is 5.73 Å². The summed E-state index contributed by atoms with van der Waals surface area (Å²) in [6, 6.07) is 11.5. The first-order valence-electron chi connectivity index (χ1n) is 5.35. The minimum atomic E-state index is -0.333. The van der Waals surface area contributed by atoms with Crippen molar-refractivity contribution in [3.05, 3.63) is 53.3 Å². The highest BCUT2D eigenvalue weighted by Crippen LogP contribution is 2.28. The Hall–Kier alpha value is -2.07. The average molecular weight is 262 g/mol. The molecule has 5 heteroatoms. The Bertz CT molecular complexity index is 736. The summed E-state index contributed by atoms with van der Waals surface area (Å²) in [6.07, 6.45) is 0. The molecule has 0 aliphatic rings. The summed E-state index contributed by atoms with van der Waals surface area (Å²) in [6.45, 7) is 0. The predicted molar refractivity (Wildman–Crippen MR) is 70.5 cm³/mol. The van der Waals surface area contributed by atoms with Crippen molar-refractivity contribution >= 4 is 28.6 Å². The van der Waals surface area contributed by atoms with E-state index in [9.17, 15) is 4.39 Å². The van der Waals surface area contributed by atoms with Crippen molar-refractivity contribution in [1.82, 2.24) is 9.55 Å². The Morgan fingerprint density at radius 3 is 2.72 bits per heavy atom. The van der Waals surface area contributed by atoms with Gasteiger partial charge in [0, 0.05) is 0 Å². The van der Waals surface area contributed by atoms with Gasteiger partial charge in [-0.05, 0) is 30.3 Å². The van der Waals surface area contributed by atoms with Crippen molar-refractivity contribution in [3.63, 3.8) is 0 Å². The van der Waals surface area contributed by atoms with E-state index in [2.05, 4.69) is 4.98 Å². The van der Waals surface area contributed by atoms with Gasteiger partial charge in [-0.15, -0.1) is 0 Å². The third-order valence-corrected chi connectivity index (χ3v) is 3.02. The minimum Gasteiger partial charge on any atom is -0.369 e. The highest BCUT2D eigenvalue weighted by Gasteiger charge is 2.12. The topological polar surface area (TPSA) is 43.8 Å². The fourth-order valence-corrected chi connectivity index (χ4v) is 2.23. The molecule has 0 unspecified atom stereocenters. The molecule has 0 aliphatic carbocycles. The maximum Gasteiger partial charge on any atom is 0.205 e. The Balaban J connectivity index is 2.38. The fraction of sp³-hybridized carbons (Fsp3) is 0. The van der Waals surface area contributed by atoms with Crippen LogP contribution in [-0.4, -0.2) is 9.55 Å². The molecule has 0 atom stereocenters. The van der Waals surface area contributed by atoms with Gasteiger partial charge in [-0.25, -0.2) is 9.37 Å². The third kappa shape index (κ3) is 1.62. The zero-order valence-corrected chi connectivity index (χ0v) is 10.0. The van der Waals surface area contributed by atoms with Crippen LogP contribution in [0.5, 0.6) is 0 Å². The van der Waals surface area contributed by atoms with Crippen LogP contribution in [-0.2, 0) is 0 Å². The number of nitrogens with zero attached hydrogens (tertiary/aromatic N) is 2. The van der Waals surface area contributed by atoms with Crippen LogP contribution in [0.4, 0.5) is 10.3 Å². The molecule has 18 heavy (non-hydrogen) atoms. The van der Waals surface area contributed by atoms with Crippen LogP contribution in [0.2, 0.25) is 5.02 Å². The number of nitrogen functional groups attached to an aromatic ring is 1. The SMILES string of the molecule is Nc1nc2cccc(Cl)c2n1-c1cccc(F)c1. The normalized spacial score (nSPS) is 11.0. The van der Waals surface area contributed by atoms with Crippen LogP contribution in [0, 0.1) is 5.82 Å². The molecule has 2 N–H and O–H groups in total. The second-order valence-electron chi connectivity index (χ2n) is 3.89. The highest BCUT2D eigenvalue weighted by atomic mass is 35.5. The molecule has 3 aromatic rings. The van der Waals surface area contributed by atoms with Gasteiger partial charge in [0.15, 0.2) is 0 Å².